The Morgan fingerprint density at radius 2 is 2.27 bits per heavy atom. The largest absolute Gasteiger partial charge is 0.299 e. The minimum Gasteiger partial charge on any atom is -0.299 e. The molecule has 0 amide bonds. The number of nitrogens with zero attached hydrogens (tertiary/aromatic N) is 1. The number of carbonyl (C=O) groups excluding carboxylic acids is 1. The number of carbonyl (C=O) groups is 1. The summed E-state index contributed by atoms with van der Waals surface area (Å²) >= 11 is 5.90. The molecule has 1 aromatic carbocycles. The minimum absolute atomic E-state index is 0.0371. The van der Waals surface area contributed by atoms with Crippen molar-refractivity contribution in [2.45, 2.75) is 25.8 Å². The predicted octanol–water partition coefficient (Wildman–Crippen LogP) is 3.20. The van der Waals surface area contributed by atoms with E-state index in [0.717, 1.165) is 11.3 Å². The fourth-order valence-corrected chi connectivity index (χ4v) is 2.04. The van der Waals surface area contributed by atoms with Gasteiger partial charge >= 0.3 is 0 Å². The van der Waals surface area contributed by atoms with Gasteiger partial charge in [-0.1, -0.05) is 23.7 Å². The highest BCUT2D eigenvalue weighted by Crippen LogP contribution is 2.27. The number of hydrogen-bond donors (Lipinski definition) is 0. The molecule has 0 saturated heterocycles. The molecule has 0 aromatic heterocycles. The Bertz CT molecular complexity index is 425. The molecule has 0 N–H and O–H groups in total. The van der Waals surface area contributed by atoms with Crippen LogP contribution in [0.15, 0.2) is 29.3 Å². The third kappa shape index (κ3) is 2.45. The monoisotopic (exact) mass is 221 g/mol. The van der Waals surface area contributed by atoms with Crippen LogP contribution in [0, 0.1) is 0 Å². The Morgan fingerprint density at radius 1 is 1.47 bits per heavy atom. The molecule has 1 atom stereocenters. The van der Waals surface area contributed by atoms with Crippen LogP contribution in [-0.4, -0.2) is 11.5 Å². The van der Waals surface area contributed by atoms with Crippen molar-refractivity contribution in [1.82, 2.24) is 0 Å². The van der Waals surface area contributed by atoms with E-state index in [9.17, 15) is 4.79 Å². The van der Waals surface area contributed by atoms with E-state index in [1.165, 1.54) is 0 Å². The molecule has 15 heavy (non-hydrogen) atoms. The van der Waals surface area contributed by atoms with Crippen LogP contribution in [0.2, 0.25) is 5.02 Å². The zero-order valence-corrected chi connectivity index (χ0v) is 9.29. The molecule has 3 heteroatoms. The number of ketones is 1. The molecule has 2 nitrogen and oxygen atoms in total. The standard InChI is InChI=1S/C12H12ClNO/c1-8-5-11(15)7-12(14-8)9-3-2-4-10(13)6-9/h2-4,6,12H,5,7H2,1H3. The Balaban J connectivity index is 2.31. The summed E-state index contributed by atoms with van der Waals surface area (Å²) in [5, 5.41) is 0.693. The molecule has 0 saturated carbocycles. The Hall–Kier alpha value is -1.15. The molecule has 0 spiro atoms. The lowest BCUT2D eigenvalue weighted by Gasteiger charge is -2.18. The number of rotatable bonds is 1. The average Bonchev–Trinajstić information content (AvgIpc) is 2.16. The summed E-state index contributed by atoms with van der Waals surface area (Å²) < 4.78 is 0. The summed E-state index contributed by atoms with van der Waals surface area (Å²) in [6.45, 7) is 1.90. The fourth-order valence-electron chi connectivity index (χ4n) is 1.84. The van der Waals surface area contributed by atoms with Gasteiger partial charge in [0.2, 0.25) is 0 Å². The van der Waals surface area contributed by atoms with Gasteiger partial charge in [0.25, 0.3) is 0 Å². The number of benzene rings is 1. The maximum atomic E-state index is 11.4. The predicted molar refractivity (Wildman–Crippen MR) is 61.5 cm³/mol. The lowest BCUT2D eigenvalue weighted by molar-refractivity contribution is -0.118. The number of halogens is 1. The highest BCUT2D eigenvalue weighted by atomic mass is 35.5. The maximum Gasteiger partial charge on any atom is 0.140 e. The van der Waals surface area contributed by atoms with Gasteiger partial charge in [-0.2, -0.15) is 0 Å². The molecule has 0 fully saturated rings. The quantitative estimate of drug-likeness (QED) is 0.716. The summed E-state index contributed by atoms with van der Waals surface area (Å²) in [4.78, 5) is 15.9. The Labute approximate surface area is 94.0 Å². The number of hydrogen-bond acceptors (Lipinski definition) is 2. The van der Waals surface area contributed by atoms with E-state index in [1.807, 2.05) is 31.2 Å². The van der Waals surface area contributed by atoms with Crippen molar-refractivity contribution in [2.24, 2.45) is 4.99 Å². The molecular formula is C12H12ClNO. The van der Waals surface area contributed by atoms with Crippen LogP contribution in [0.25, 0.3) is 0 Å². The topological polar surface area (TPSA) is 29.4 Å². The molecular weight excluding hydrogens is 210 g/mol. The van der Waals surface area contributed by atoms with Gasteiger partial charge in [0.15, 0.2) is 0 Å². The average molecular weight is 222 g/mol. The molecule has 1 unspecified atom stereocenters. The van der Waals surface area contributed by atoms with Crippen LogP contribution in [0.3, 0.4) is 0 Å². The van der Waals surface area contributed by atoms with Gasteiger partial charge in [0.1, 0.15) is 5.78 Å². The van der Waals surface area contributed by atoms with Crippen molar-refractivity contribution in [3.05, 3.63) is 34.9 Å². The summed E-state index contributed by atoms with van der Waals surface area (Å²) in [6.07, 6.45) is 0.995. The van der Waals surface area contributed by atoms with Gasteiger partial charge in [-0.3, -0.25) is 9.79 Å². The zero-order chi connectivity index (χ0) is 10.8. The van der Waals surface area contributed by atoms with Gasteiger partial charge < -0.3 is 0 Å². The van der Waals surface area contributed by atoms with Crippen molar-refractivity contribution in [3.8, 4) is 0 Å². The summed E-state index contributed by atoms with van der Waals surface area (Å²) in [7, 11) is 0. The molecule has 78 valence electrons. The summed E-state index contributed by atoms with van der Waals surface area (Å²) in [6, 6.07) is 7.52. The Kier molecular flexibility index (Phi) is 2.87. The first-order valence-corrected chi connectivity index (χ1v) is 5.33. The van der Waals surface area contributed by atoms with Gasteiger partial charge in [-0.05, 0) is 24.6 Å². The first kappa shape index (κ1) is 10.4. The van der Waals surface area contributed by atoms with Crippen LogP contribution < -0.4 is 0 Å². The van der Waals surface area contributed by atoms with Crippen molar-refractivity contribution < 1.29 is 4.79 Å². The van der Waals surface area contributed by atoms with E-state index in [2.05, 4.69) is 4.99 Å². The summed E-state index contributed by atoms with van der Waals surface area (Å²) in [5.41, 5.74) is 1.94. The number of aliphatic imine (C=N–C) groups is 1. The van der Waals surface area contributed by atoms with Crippen LogP contribution >= 0.6 is 11.6 Å². The van der Waals surface area contributed by atoms with Gasteiger partial charge in [-0.25, -0.2) is 0 Å². The van der Waals surface area contributed by atoms with E-state index in [0.29, 0.717) is 17.9 Å². The molecule has 2 rings (SSSR count). The molecule has 1 heterocycles. The first-order valence-electron chi connectivity index (χ1n) is 4.95. The van der Waals surface area contributed by atoms with Gasteiger partial charge in [0.05, 0.1) is 6.04 Å². The van der Waals surface area contributed by atoms with Crippen LogP contribution in [0.1, 0.15) is 31.4 Å². The fraction of sp³-hybridized carbons (Fsp3) is 0.333. The van der Waals surface area contributed by atoms with Crippen LogP contribution in [-0.2, 0) is 4.79 Å². The van der Waals surface area contributed by atoms with Crippen molar-refractivity contribution in [3.63, 3.8) is 0 Å². The van der Waals surface area contributed by atoms with E-state index in [1.54, 1.807) is 0 Å². The van der Waals surface area contributed by atoms with E-state index >= 15 is 0 Å². The maximum absolute atomic E-state index is 11.4. The van der Waals surface area contributed by atoms with E-state index in [4.69, 9.17) is 11.6 Å². The lowest BCUT2D eigenvalue weighted by atomic mass is 9.96. The molecule has 0 radical (unpaired) electrons. The second kappa shape index (κ2) is 4.15. The van der Waals surface area contributed by atoms with Crippen molar-refractivity contribution in [1.29, 1.82) is 0 Å². The van der Waals surface area contributed by atoms with Crippen LogP contribution in [0.4, 0.5) is 0 Å². The SMILES string of the molecule is CC1=NC(c2cccc(Cl)c2)CC(=O)C1. The Morgan fingerprint density at radius 3 is 2.93 bits per heavy atom. The van der Waals surface area contributed by atoms with Crippen molar-refractivity contribution in [2.75, 3.05) is 0 Å². The van der Waals surface area contributed by atoms with Gasteiger partial charge in [0, 0.05) is 23.6 Å². The van der Waals surface area contributed by atoms with E-state index < -0.39 is 0 Å². The molecule has 0 aliphatic carbocycles. The zero-order valence-electron chi connectivity index (χ0n) is 8.53. The van der Waals surface area contributed by atoms with Gasteiger partial charge in [-0.15, -0.1) is 0 Å². The van der Waals surface area contributed by atoms with Crippen molar-refractivity contribution >= 4 is 23.1 Å². The molecule has 0 bridgehead atoms. The van der Waals surface area contributed by atoms with E-state index in [-0.39, 0.29) is 11.8 Å². The second-order valence-corrected chi connectivity index (χ2v) is 4.29. The third-order valence-corrected chi connectivity index (χ3v) is 2.72. The lowest BCUT2D eigenvalue weighted by Crippen LogP contribution is -2.16. The molecule has 1 aromatic rings. The highest BCUT2D eigenvalue weighted by Gasteiger charge is 2.20. The molecule has 1 aliphatic rings. The third-order valence-electron chi connectivity index (χ3n) is 2.48. The smallest absolute Gasteiger partial charge is 0.140 e. The molecule has 1 aliphatic heterocycles. The number of Topliss-reactive ketones (excluding diaryl/α,β-unsaturated/α-hetero) is 1. The minimum atomic E-state index is -0.0371. The second-order valence-electron chi connectivity index (χ2n) is 3.85. The normalized spacial score (nSPS) is 21.3. The summed E-state index contributed by atoms with van der Waals surface area (Å²) in [5.74, 6) is 0.257. The highest BCUT2D eigenvalue weighted by molar-refractivity contribution is 6.30. The first-order chi connectivity index (χ1) is 7.15. The van der Waals surface area contributed by atoms with Crippen LogP contribution in [0.5, 0.6) is 0 Å².